The Balaban J connectivity index is 2.79. The number of ether oxygens (including phenoxy) is 1. The average Bonchev–Trinajstić information content (AvgIpc) is 2.18. The smallest absolute Gasteiger partial charge is 0.392 e. The van der Waals surface area contributed by atoms with Crippen molar-refractivity contribution in [3.8, 4) is 5.75 Å². The number of anilines is 1. The van der Waals surface area contributed by atoms with Gasteiger partial charge in [-0.15, -0.1) is 0 Å². The summed E-state index contributed by atoms with van der Waals surface area (Å²) in [6.45, 7) is -0.613. The molecule has 0 fully saturated rings. The van der Waals surface area contributed by atoms with E-state index in [2.05, 4.69) is 0 Å². The van der Waals surface area contributed by atoms with Crippen molar-refractivity contribution in [1.82, 2.24) is 0 Å². The van der Waals surface area contributed by atoms with Crippen molar-refractivity contribution >= 4 is 11.6 Å². The fourth-order valence-electron chi connectivity index (χ4n) is 1.18. The largest absolute Gasteiger partial charge is 0.490 e. The van der Waals surface area contributed by atoms with Gasteiger partial charge in [-0.3, -0.25) is 4.79 Å². The van der Waals surface area contributed by atoms with Crippen LogP contribution in [0.25, 0.3) is 0 Å². The molecular formula is C10H11F3N2O2. The van der Waals surface area contributed by atoms with Gasteiger partial charge in [0.2, 0.25) is 0 Å². The van der Waals surface area contributed by atoms with Crippen LogP contribution in [-0.4, -0.2) is 18.7 Å². The van der Waals surface area contributed by atoms with Crippen LogP contribution < -0.4 is 16.2 Å². The van der Waals surface area contributed by atoms with E-state index in [0.717, 1.165) is 0 Å². The molecule has 0 aromatic heterocycles. The number of primary amides is 1. The number of rotatable bonds is 4. The van der Waals surface area contributed by atoms with Crippen LogP contribution in [0.2, 0.25) is 0 Å². The van der Waals surface area contributed by atoms with Crippen molar-refractivity contribution < 1.29 is 22.7 Å². The van der Waals surface area contributed by atoms with Crippen molar-refractivity contribution in [1.29, 1.82) is 0 Å². The first-order valence-corrected chi connectivity index (χ1v) is 4.69. The molecule has 4 N–H and O–H groups in total. The lowest BCUT2D eigenvalue weighted by atomic mass is 10.1. The summed E-state index contributed by atoms with van der Waals surface area (Å²) in [5.74, 6) is -0.913. The van der Waals surface area contributed by atoms with E-state index in [1.165, 1.54) is 18.2 Å². The van der Waals surface area contributed by atoms with E-state index in [9.17, 15) is 18.0 Å². The van der Waals surface area contributed by atoms with Gasteiger partial charge in [-0.05, 0) is 12.1 Å². The molecule has 1 aromatic rings. The highest BCUT2D eigenvalue weighted by molar-refractivity contribution is 5.97. The molecule has 0 unspecified atom stereocenters. The van der Waals surface area contributed by atoms with Crippen molar-refractivity contribution in [3.05, 3.63) is 23.8 Å². The van der Waals surface area contributed by atoms with Crippen LogP contribution in [0.15, 0.2) is 18.2 Å². The molecule has 17 heavy (non-hydrogen) atoms. The standard InChI is InChI=1S/C10H11F3N2O2/c11-10(12,13)4-5-17-8-6(9(15)16)2-1-3-7(8)14/h1-3H,4-5,14H2,(H2,15,16). The molecule has 94 valence electrons. The maximum Gasteiger partial charge on any atom is 0.392 e. The van der Waals surface area contributed by atoms with Crippen molar-refractivity contribution in [2.75, 3.05) is 12.3 Å². The number of amides is 1. The molecule has 1 amide bonds. The first-order chi connectivity index (χ1) is 7.81. The van der Waals surface area contributed by atoms with Gasteiger partial charge in [0.1, 0.15) is 0 Å². The topological polar surface area (TPSA) is 78.3 Å². The molecule has 0 aliphatic carbocycles. The third kappa shape index (κ3) is 3.86. The second kappa shape index (κ2) is 4.94. The van der Waals surface area contributed by atoms with Crippen LogP contribution in [0.4, 0.5) is 18.9 Å². The second-order valence-corrected chi connectivity index (χ2v) is 3.30. The molecule has 4 nitrogen and oxygen atoms in total. The number of hydrogen-bond acceptors (Lipinski definition) is 3. The number of para-hydroxylation sites is 1. The van der Waals surface area contributed by atoms with Gasteiger partial charge in [0, 0.05) is 0 Å². The van der Waals surface area contributed by atoms with Gasteiger partial charge in [-0.25, -0.2) is 0 Å². The first kappa shape index (κ1) is 13.1. The highest BCUT2D eigenvalue weighted by Gasteiger charge is 2.27. The fraction of sp³-hybridized carbons (Fsp3) is 0.300. The maximum atomic E-state index is 11.9. The minimum atomic E-state index is -4.32. The third-order valence-corrected chi connectivity index (χ3v) is 1.94. The van der Waals surface area contributed by atoms with Crippen LogP contribution in [0.3, 0.4) is 0 Å². The van der Waals surface area contributed by atoms with E-state index in [1.807, 2.05) is 0 Å². The minimum absolute atomic E-state index is 0.0350. The van der Waals surface area contributed by atoms with Crippen LogP contribution in [-0.2, 0) is 0 Å². The lowest BCUT2D eigenvalue weighted by molar-refractivity contribution is -0.139. The normalized spacial score (nSPS) is 11.2. The van der Waals surface area contributed by atoms with Gasteiger partial charge >= 0.3 is 6.18 Å². The number of alkyl halides is 3. The summed E-state index contributed by atoms with van der Waals surface area (Å²) in [6, 6.07) is 4.21. The second-order valence-electron chi connectivity index (χ2n) is 3.30. The number of carbonyl (C=O) groups excluding carboxylic acids is 1. The van der Waals surface area contributed by atoms with Gasteiger partial charge < -0.3 is 16.2 Å². The molecule has 1 aromatic carbocycles. The van der Waals surface area contributed by atoms with Gasteiger partial charge in [0.05, 0.1) is 24.3 Å². The van der Waals surface area contributed by atoms with Crippen molar-refractivity contribution in [3.63, 3.8) is 0 Å². The molecule has 0 saturated heterocycles. The predicted octanol–water partition coefficient (Wildman–Crippen LogP) is 1.70. The monoisotopic (exact) mass is 248 g/mol. The quantitative estimate of drug-likeness (QED) is 0.796. The van der Waals surface area contributed by atoms with E-state index in [4.69, 9.17) is 16.2 Å². The summed E-state index contributed by atoms with van der Waals surface area (Å²) in [4.78, 5) is 11.0. The molecular weight excluding hydrogens is 237 g/mol. The van der Waals surface area contributed by atoms with Crippen LogP contribution >= 0.6 is 0 Å². The van der Waals surface area contributed by atoms with Crippen LogP contribution in [0, 0.1) is 0 Å². The predicted molar refractivity (Wildman–Crippen MR) is 55.5 cm³/mol. The Hall–Kier alpha value is -1.92. The summed E-state index contributed by atoms with van der Waals surface area (Å²) in [7, 11) is 0. The fourth-order valence-corrected chi connectivity index (χ4v) is 1.18. The van der Waals surface area contributed by atoms with E-state index in [0.29, 0.717) is 0 Å². The molecule has 0 aliphatic rings. The third-order valence-electron chi connectivity index (χ3n) is 1.94. The summed E-state index contributed by atoms with van der Waals surface area (Å²) in [5, 5.41) is 0. The van der Waals surface area contributed by atoms with E-state index < -0.39 is 25.1 Å². The number of carbonyl (C=O) groups is 1. The highest BCUT2D eigenvalue weighted by Crippen LogP contribution is 2.27. The summed E-state index contributed by atoms with van der Waals surface area (Å²) in [5.41, 5.74) is 10.6. The Bertz CT molecular complexity index is 419. The molecule has 0 aliphatic heterocycles. The van der Waals surface area contributed by atoms with Crippen molar-refractivity contribution in [2.45, 2.75) is 12.6 Å². The molecule has 0 atom stereocenters. The van der Waals surface area contributed by atoms with E-state index >= 15 is 0 Å². The molecule has 0 saturated carbocycles. The number of halogens is 3. The highest BCUT2D eigenvalue weighted by atomic mass is 19.4. The van der Waals surface area contributed by atoms with E-state index in [-0.39, 0.29) is 17.0 Å². The Morgan fingerprint density at radius 1 is 1.35 bits per heavy atom. The Labute approximate surface area is 95.3 Å². The zero-order valence-electron chi connectivity index (χ0n) is 8.75. The molecule has 0 bridgehead atoms. The van der Waals surface area contributed by atoms with E-state index in [1.54, 1.807) is 0 Å². The lowest BCUT2D eigenvalue weighted by Crippen LogP contribution is -2.17. The average molecular weight is 248 g/mol. The summed E-state index contributed by atoms with van der Waals surface area (Å²) < 4.78 is 40.6. The Morgan fingerprint density at radius 3 is 2.53 bits per heavy atom. The van der Waals surface area contributed by atoms with Gasteiger partial charge in [0.15, 0.2) is 5.75 Å². The van der Waals surface area contributed by atoms with Gasteiger partial charge in [-0.1, -0.05) is 6.07 Å². The zero-order chi connectivity index (χ0) is 13.1. The molecule has 0 heterocycles. The molecule has 1 rings (SSSR count). The molecule has 0 radical (unpaired) electrons. The minimum Gasteiger partial charge on any atom is -0.490 e. The SMILES string of the molecule is NC(=O)c1cccc(N)c1OCCC(F)(F)F. The first-order valence-electron chi connectivity index (χ1n) is 4.69. The number of hydrogen-bond donors (Lipinski definition) is 2. The lowest BCUT2D eigenvalue weighted by Gasteiger charge is -2.12. The maximum absolute atomic E-state index is 11.9. The molecule has 7 heteroatoms. The van der Waals surface area contributed by atoms with Gasteiger partial charge in [-0.2, -0.15) is 13.2 Å². The number of nitrogen functional groups attached to an aromatic ring is 1. The summed E-state index contributed by atoms with van der Waals surface area (Å²) in [6.07, 6.45) is -5.45. The Morgan fingerprint density at radius 2 is 2.00 bits per heavy atom. The zero-order valence-corrected chi connectivity index (χ0v) is 8.75. The molecule has 0 spiro atoms. The number of benzene rings is 1. The van der Waals surface area contributed by atoms with Crippen molar-refractivity contribution in [2.24, 2.45) is 5.73 Å². The van der Waals surface area contributed by atoms with Crippen LogP contribution in [0.5, 0.6) is 5.75 Å². The van der Waals surface area contributed by atoms with Gasteiger partial charge in [0.25, 0.3) is 5.91 Å². The summed E-state index contributed by atoms with van der Waals surface area (Å²) >= 11 is 0. The Kier molecular flexibility index (Phi) is 3.82. The van der Waals surface area contributed by atoms with Crippen LogP contribution in [0.1, 0.15) is 16.8 Å². The number of nitrogens with two attached hydrogens (primary N) is 2.